The van der Waals surface area contributed by atoms with Crippen molar-refractivity contribution in [2.45, 2.75) is 31.7 Å². The van der Waals surface area contributed by atoms with Crippen LogP contribution in [0.25, 0.3) is 0 Å². The lowest BCUT2D eigenvalue weighted by Crippen LogP contribution is -2.32. The number of hydrogen-bond donors (Lipinski definition) is 1. The van der Waals surface area contributed by atoms with Gasteiger partial charge in [-0.3, -0.25) is 0 Å². The molecule has 0 heterocycles. The van der Waals surface area contributed by atoms with Crippen molar-refractivity contribution >= 4 is 47.2 Å². The molecular formula is C9H19Cl4N. The van der Waals surface area contributed by atoms with Crippen LogP contribution in [0.1, 0.15) is 25.7 Å². The summed E-state index contributed by atoms with van der Waals surface area (Å²) in [6.45, 7) is 0.842. The third-order valence-electron chi connectivity index (χ3n) is 1.90. The summed E-state index contributed by atoms with van der Waals surface area (Å²) < 4.78 is 0. The first-order chi connectivity index (χ1) is 6.35. The molecule has 0 bridgehead atoms. The van der Waals surface area contributed by atoms with Gasteiger partial charge in [-0.25, -0.2) is 0 Å². The third kappa shape index (κ3) is 11.2. The summed E-state index contributed by atoms with van der Waals surface area (Å²) in [6, 6.07) is 0.413. The molecule has 0 saturated heterocycles. The van der Waals surface area contributed by atoms with E-state index >= 15 is 0 Å². The molecule has 1 unspecified atom stereocenters. The second kappa shape index (κ2) is 14.1. The summed E-state index contributed by atoms with van der Waals surface area (Å²) in [5.41, 5.74) is 0. The molecular weight excluding hydrogens is 264 g/mol. The van der Waals surface area contributed by atoms with Crippen molar-refractivity contribution in [3.63, 3.8) is 0 Å². The van der Waals surface area contributed by atoms with Crippen LogP contribution in [-0.2, 0) is 0 Å². The molecule has 14 heavy (non-hydrogen) atoms. The summed E-state index contributed by atoms with van der Waals surface area (Å²) in [6.07, 6.45) is 4.61. The monoisotopic (exact) mass is 281 g/mol. The first kappa shape index (κ1) is 17.5. The Hall–Kier alpha value is 1.12. The highest BCUT2D eigenvalue weighted by molar-refractivity contribution is 6.18. The Morgan fingerprint density at radius 1 is 0.929 bits per heavy atom. The number of rotatable bonds is 9. The van der Waals surface area contributed by atoms with Gasteiger partial charge >= 0.3 is 0 Å². The molecule has 5 heteroatoms. The fourth-order valence-electron chi connectivity index (χ4n) is 1.15. The summed E-state index contributed by atoms with van der Waals surface area (Å²) >= 11 is 16.9. The highest BCUT2D eigenvalue weighted by atomic mass is 35.5. The van der Waals surface area contributed by atoms with Gasteiger partial charge in [-0.15, -0.1) is 47.2 Å². The van der Waals surface area contributed by atoms with Crippen LogP contribution >= 0.6 is 47.2 Å². The largest absolute Gasteiger partial charge is 0.312 e. The molecule has 1 nitrogen and oxygen atoms in total. The van der Waals surface area contributed by atoms with Crippen LogP contribution in [0.3, 0.4) is 0 Å². The Morgan fingerprint density at radius 3 is 2.14 bits per heavy atom. The maximum absolute atomic E-state index is 5.78. The van der Waals surface area contributed by atoms with Gasteiger partial charge in [0.2, 0.25) is 0 Å². The minimum atomic E-state index is 0. The Kier molecular flexibility index (Phi) is 17.7. The van der Waals surface area contributed by atoms with Crippen molar-refractivity contribution < 1.29 is 0 Å². The van der Waals surface area contributed by atoms with E-state index in [2.05, 4.69) is 5.32 Å². The predicted octanol–water partition coefficient (Wildman–Crippen LogP) is 3.64. The molecule has 1 atom stereocenters. The first-order valence-corrected chi connectivity index (χ1v) is 6.36. The smallest absolute Gasteiger partial charge is 0.0377 e. The van der Waals surface area contributed by atoms with Crippen molar-refractivity contribution in [1.82, 2.24) is 5.32 Å². The van der Waals surface area contributed by atoms with E-state index in [0.29, 0.717) is 17.8 Å². The average molecular weight is 283 g/mol. The van der Waals surface area contributed by atoms with Gasteiger partial charge in [0.05, 0.1) is 0 Å². The molecule has 0 aliphatic carbocycles. The number of halogens is 4. The van der Waals surface area contributed by atoms with Crippen molar-refractivity contribution in [3.05, 3.63) is 0 Å². The van der Waals surface area contributed by atoms with Gasteiger partial charge in [-0.2, -0.15) is 0 Å². The van der Waals surface area contributed by atoms with Gasteiger partial charge in [0.1, 0.15) is 0 Å². The standard InChI is InChI=1S/C9H18Cl3N.ClH/c10-5-3-1-2-4-9(8-12)13-7-6-11;/h9,13H,1-8H2;1H. The Bertz CT molecular complexity index is 103. The van der Waals surface area contributed by atoms with Crippen LogP contribution in [0.15, 0.2) is 0 Å². The van der Waals surface area contributed by atoms with Crippen molar-refractivity contribution in [2.24, 2.45) is 0 Å². The molecule has 1 N–H and O–H groups in total. The molecule has 0 aliphatic rings. The second-order valence-electron chi connectivity index (χ2n) is 3.03. The van der Waals surface area contributed by atoms with Gasteiger partial charge in [-0.05, 0) is 12.8 Å². The highest BCUT2D eigenvalue weighted by Crippen LogP contribution is 2.05. The topological polar surface area (TPSA) is 12.0 Å². The molecule has 0 spiro atoms. The quantitative estimate of drug-likeness (QED) is 0.503. The van der Waals surface area contributed by atoms with Crippen molar-refractivity contribution in [3.8, 4) is 0 Å². The fraction of sp³-hybridized carbons (Fsp3) is 1.00. The zero-order valence-corrected chi connectivity index (χ0v) is 11.4. The molecule has 0 aromatic heterocycles. The van der Waals surface area contributed by atoms with E-state index < -0.39 is 0 Å². The predicted molar refractivity (Wildman–Crippen MR) is 69.7 cm³/mol. The van der Waals surface area contributed by atoms with Crippen LogP contribution in [-0.4, -0.2) is 30.2 Å². The van der Waals surface area contributed by atoms with E-state index in [1.807, 2.05) is 0 Å². The van der Waals surface area contributed by atoms with Crippen LogP contribution in [0, 0.1) is 0 Å². The molecule has 88 valence electrons. The van der Waals surface area contributed by atoms with Gasteiger partial charge in [0, 0.05) is 30.2 Å². The lowest BCUT2D eigenvalue weighted by atomic mass is 10.1. The Morgan fingerprint density at radius 2 is 1.64 bits per heavy atom. The summed E-state index contributed by atoms with van der Waals surface area (Å²) in [7, 11) is 0. The zero-order chi connectivity index (χ0) is 9.94. The number of nitrogens with one attached hydrogen (secondary N) is 1. The molecule has 0 amide bonds. The minimum absolute atomic E-state index is 0. The lowest BCUT2D eigenvalue weighted by molar-refractivity contribution is 0.505. The molecule has 0 aliphatic heterocycles. The molecule has 0 saturated carbocycles. The molecule has 0 aromatic carbocycles. The molecule has 0 fully saturated rings. The number of alkyl halides is 3. The zero-order valence-electron chi connectivity index (χ0n) is 8.28. The minimum Gasteiger partial charge on any atom is -0.312 e. The fourth-order valence-corrected chi connectivity index (χ4v) is 1.72. The lowest BCUT2D eigenvalue weighted by Gasteiger charge is -2.14. The number of hydrogen-bond acceptors (Lipinski definition) is 1. The Balaban J connectivity index is 0. The molecule has 0 rings (SSSR count). The van der Waals surface area contributed by atoms with E-state index in [-0.39, 0.29) is 12.4 Å². The normalized spacial score (nSPS) is 12.2. The van der Waals surface area contributed by atoms with Crippen LogP contribution < -0.4 is 5.32 Å². The van der Waals surface area contributed by atoms with Gasteiger partial charge in [-0.1, -0.05) is 12.8 Å². The summed E-state index contributed by atoms with van der Waals surface area (Å²) in [4.78, 5) is 0. The second-order valence-corrected chi connectivity index (χ2v) is 4.10. The van der Waals surface area contributed by atoms with Crippen molar-refractivity contribution in [2.75, 3.05) is 24.2 Å². The van der Waals surface area contributed by atoms with Crippen LogP contribution in [0.2, 0.25) is 0 Å². The molecule has 0 radical (unpaired) electrons. The first-order valence-electron chi connectivity index (χ1n) is 4.76. The van der Waals surface area contributed by atoms with Crippen LogP contribution in [0.4, 0.5) is 0 Å². The SMILES string of the molecule is Cl.ClCCCCCC(CCl)NCCCl. The van der Waals surface area contributed by atoms with E-state index in [1.54, 1.807) is 0 Å². The Labute approximate surface area is 108 Å². The van der Waals surface area contributed by atoms with Crippen LogP contribution in [0.5, 0.6) is 0 Å². The van der Waals surface area contributed by atoms with Gasteiger partial charge < -0.3 is 5.32 Å². The molecule has 0 aromatic rings. The van der Waals surface area contributed by atoms with Gasteiger partial charge in [0.25, 0.3) is 0 Å². The van der Waals surface area contributed by atoms with E-state index in [1.165, 1.54) is 12.8 Å². The van der Waals surface area contributed by atoms with E-state index in [0.717, 1.165) is 25.3 Å². The van der Waals surface area contributed by atoms with Crippen molar-refractivity contribution in [1.29, 1.82) is 0 Å². The maximum atomic E-state index is 5.78. The third-order valence-corrected chi connectivity index (χ3v) is 2.73. The van der Waals surface area contributed by atoms with E-state index in [4.69, 9.17) is 34.8 Å². The maximum Gasteiger partial charge on any atom is 0.0377 e. The number of unbranched alkanes of at least 4 members (excludes halogenated alkanes) is 2. The summed E-state index contributed by atoms with van der Waals surface area (Å²) in [5, 5.41) is 3.30. The van der Waals surface area contributed by atoms with Gasteiger partial charge in [0.15, 0.2) is 0 Å². The summed E-state index contributed by atoms with van der Waals surface area (Å²) in [5.74, 6) is 2.08. The highest BCUT2D eigenvalue weighted by Gasteiger charge is 2.04. The average Bonchev–Trinajstić information content (AvgIpc) is 2.17. The van der Waals surface area contributed by atoms with E-state index in [9.17, 15) is 0 Å².